The van der Waals surface area contributed by atoms with Gasteiger partial charge in [-0.3, -0.25) is 0 Å². The zero-order valence-corrected chi connectivity index (χ0v) is 13.8. The highest BCUT2D eigenvalue weighted by Crippen LogP contribution is 2.28. The fourth-order valence-electron chi connectivity index (χ4n) is 2.56. The van der Waals surface area contributed by atoms with Crippen LogP contribution in [0.15, 0.2) is 11.0 Å². The third-order valence-electron chi connectivity index (χ3n) is 3.83. The van der Waals surface area contributed by atoms with Crippen molar-refractivity contribution < 1.29 is 8.42 Å². The van der Waals surface area contributed by atoms with E-state index in [0.717, 1.165) is 35.5 Å². The van der Waals surface area contributed by atoms with E-state index in [-0.39, 0.29) is 6.04 Å². The number of sulfonamides is 1. The lowest BCUT2D eigenvalue weighted by atomic mass is 10.1. The zero-order valence-electron chi connectivity index (χ0n) is 12.2. The topological polar surface area (TPSA) is 72.2 Å². The van der Waals surface area contributed by atoms with Gasteiger partial charge in [0.05, 0.1) is 4.90 Å². The summed E-state index contributed by atoms with van der Waals surface area (Å²) in [6, 6.07) is 1.86. The molecule has 1 aromatic rings. The number of nitrogen functional groups attached to an aromatic ring is 1. The van der Waals surface area contributed by atoms with Crippen molar-refractivity contribution in [1.29, 1.82) is 0 Å². The highest BCUT2D eigenvalue weighted by molar-refractivity contribution is 7.99. The Hall–Kier alpha value is -0.720. The maximum Gasteiger partial charge on any atom is 0.241 e. The molecule has 0 saturated carbocycles. The molecule has 6 heteroatoms. The molecular formula is C14H22N2O2S2. The molecule has 1 saturated heterocycles. The van der Waals surface area contributed by atoms with Gasteiger partial charge in [0, 0.05) is 17.5 Å². The second kappa shape index (κ2) is 5.95. The van der Waals surface area contributed by atoms with Crippen LogP contribution in [0.3, 0.4) is 0 Å². The molecule has 112 valence electrons. The molecule has 3 N–H and O–H groups in total. The fourth-order valence-corrected chi connectivity index (χ4v) is 5.58. The summed E-state index contributed by atoms with van der Waals surface area (Å²) in [4.78, 5) is 0.352. The number of hydrogen-bond acceptors (Lipinski definition) is 4. The van der Waals surface area contributed by atoms with Gasteiger partial charge in [0.1, 0.15) is 0 Å². The maximum absolute atomic E-state index is 12.7. The van der Waals surface area contributed by atoms with Crippen molar-refractivity contribution in [2.45, 2.75) is 44.6 Å². The standard InChI is InChI=1S/C14H22N2O2S2/c1-9-7-13(15)11(3)14(10(9)2)20(17,18)16-12-5-4-6-19-8-12/h7,12,16H,4-6,8,15H2,1-3H3. The largest absolute Gasteiger partial charge is 0.398 e. The minimum atomic E-state index is -3.51. The predicted molar refractivity (Wildman–Crippen MR) is 85.7 cm³/mol. The number of nitrogens with two attached hydrogens (primary N) is 1. The van der Waals surface area contributed by atoms with Gasteiger partial charge in [0.2, 0.25) is 10.0 Å². The molecule has 0 amide bonds. The maximum atomic E-state index is 12.7. The van der Waals surface area contributed by atoms with E-state index in [2.05, 4.69) is 4.72 Å². The van der Waals surface area contributed by atoms with E-state index < -0.39 is 10.0 Å². The molecule has 0 aromatic heterocycles. The minimum absolute atomic E-state index is 0.0271. The molecule has 1 atom stereocenters. The first-order chi connectivity index (χ1) is 9.33. The van der Waals surface area contributed by atoms with E-state index >= 15 is 0 Å². The highest BCUT2D eigenvalue weighted by Gasteiger charge is 2.26. The first kappa shape index (κ1) is 15.7. The molecule has 0 spiro atoms. The summed E-state index contributed by atoms with van der Waals surface area (Å²) in [5.74, 6) is 1.96. The van der Waals surface area contributed by atoms with Crippen LogP contribution in [0.2, 0.25) is 0 Å². The smallest absolute Gasteiger partial charge is 0.241 e. The SMILES string of the molecule is Cc1cc(N)c(C)c(S(=O)(=O)NC2CCCSC2)c1C. The van der Waals surface area contributed by atoms with Crippen molar-refractivity contribution in [1.82, 2.24) is 4.72 Å². The van der Waals surface area contributed by atoms with E-state index in [9.17, 15) is 8.42 Å². The van der Waals surface area contributed by atoms with Gasteiger partial charge in [-0.05, 0) is 62.1 Å². The highest BCUT2D eigenvalue weighted by atomic mass is 32.2. The molecule has 0 radical (unpaired) electrons. The minimum Gasteiger partial charge on any atom is -0.398 e. The lowest BCUT2D eigenvalue weighted by Gasteiger charge is -2.24. The lowest BCUT2D eigenvalue weighted by molar-refractivity contribution is 0.542. The van der Waals surface area contributed by atoms with Crippen molar-refractivity contribution in [2.24, 2.45) is 0 Å². The summed E-state index contributed by atoms with van der Waals surface area (Å²) in [5.41, 5.74) is 8.79. The molecule has 1 fully saturated rings. The predicted octanol–water partition coefficient (Wildman–Crippen LogP) is 2.37. The molecule has 2 rings (SSSR count). The number of hydrogen-bond donors (Lipinski definition) is 2. The third-order valence-corrected chi connectivity index (χ3v) is 6.84. The van der Waals surface area contributed by atoms with Crippen molar-refractivity contribution in [3.8, 4) is 0 Å². The van der Waals surface area contributed by atoms with Crippen molar-refractivity contribution >= 4 is 27.5 Å². The van der Waals surface area contributed by atoms with E-state index in [4.69, 9.17) is 5.73 Å². The average molecular weight is 314 g/mol. The van der Waals surface area contributed by atoms with Gasteiger partial charge in [0.15, 0.2) is 0 Å². The van der Waals surface area contributed by atoms with Crippen LogP contribution < -0.4 is 10.5 Å². The Balaban J connectivity index is 2.38. The molecule has 1 aromatic carbocycles. The Morgan fingerprint density at radius 1 is 1.30 bits per heavy atom. The van der Waals surface area contributed by atoms with Gasteiger partial charge in [0.25, 0.3) is 0 Å². The summed E-state index contributed by atoms with van der Waals surface area (Å²) >= 11 is 1.80. The van der Waals surface area contributed by atoms with Crippen LogP contribution in [-0.4, -0.2) is 26.0 Å². The number of nitrogens with one attached hydrogen (secondary N) is 1. The first-order valence-electron chi connectivity index (χ1n) is 6.79. The molecule has 0 aliphatic carbocycles. The van der Waals surface area contributed by atoms with Crippen LogP contribution >= 0.6 is 11.8 Å². The second-order valence-electron chi connectivity index (χ2n) is 5.40. The number of thioether (sulfide) groups is 1. The van der Waals surface area contributed by atoms with E-state index in [1.165, 1.54) is 0 Å². The van der Waals surface area contributed by atoms with Gasteiger partial charge < -0.3 is 5.73 Å². The first-order valence-corrected chi connectivity index (χ1v) is 9.43. The number of anilines is 1. The van der Waals surface area contributed by atoms with Gasteiger partial charge >= 0.3 is 0 Å². The van der Waals surface area contributed by atoms with E-state index in [0.29, 0.717) is 16.1 Å². The Kier molecular flexibility index (Phi) is 4.66. The monoisotopic (exact) mass is 314 g/mol. The normalized spacial score (nSPS) is 20.1. The lowest BCUT2D eigenvalue weighted by Crippen LogP contribution is -2.39. The van der Waals surface area contributed by atoms with Crippen molar-refractivity contribution in [2.75, 3.05) is 17.2 Å². The summed E-state index contributed by atoms with van der Waals surface area (Å²) in [7, 11) is -3.51. The summed E-state index contributed by atoms with van der Waals surface area (Å²) in [6.45, 7) is 5.50. The molecule has 1 aliphatic heterocycles. The van der Waals surface area contributed by atoms with Gasteiger partial charge in [-0.2, -0.15) is 11.8 Å². The molecule has 1 unspecified atom stereocenters. The number of benzene rings is 1. The Morgan fingerprint density at radius 2 is 2.00 bits per heavy atom. The summed E-state index contributed by atoms with van der Waals surface area (Å²) < 4.78 is 28.2. The molecule has 1 heterocycles. The van der Waals surface area contributed by atoms with E-state index in [1.54, 1.807) is 18.7 Å². The van der Waals surface area contributed by atoms with Crippen molar-refractivity contribution in [3.05, 3.63) is 22.8 Å². The van der Waals surface area contributed by atoms with Crippen LogP contribution in [-0.2, 0) is 10.0 Å². The van der Waals surface area contributed by atoms with Crippen molar-refractivity contribution in [3.63, 3.8) is 0 Å². The number of rotatable bonds is 3. The van der Waals surface area contributed by atoms with Crippen LogP contribution in [0.5, 0.6) is 0 Å². The quantitative estimate of drug-likeness (QED) is 0.840. The van der Waals surface area contributed by atoms with Crippen LogP contribution in [0.4, 0.5) is 5.69 Å². The molecule has 0 bridgehead atoms. The van der Waals surface area contributed by atoms with E-state index in [1.807, 2.05) is 19.9 Å². The zero-order chi connectivity index (χ0) is 14.9. The Morgan fingerprint density at radius 3 is 2.60 bits per heavy atom. The molecule has 20 heavy (non-hydrogen) atoms. The van der Waals surface area contributed by atoms with Gasteiger partial charge in [-0.1, -0.05) is 0 Å². The van der Waals surface area contributed by atoms with Gasteiger partial charge in [-0.15, -0.1) is 0 Å². The van der Waals surface area contributed by atoms with Crippen LogP contribution in [0.25, 0.3) is 0 Å². The Bertz CT molecular complexity index is 580. The van der Waals surface area contributed by atoms with Gasteiger partial charge in [-0.25, -0.2) is 13.1 Å². The average Bonchev–Trinajstić information content (AvgIpc) is 2.37. The fraction of sp³-hybridized carbons (Fsp3) is 0.571. The summed E-state index contributed by atoms with van der Waals surface area (Å²) in [6.07, 6.45) is 1.97. The van der Waals surface area contributed by atoms with Crippen LogP contribution in [0, 0.1) is 20.8 Å². The molecule has 1 aliphatic rings. The Labute approximate surface area is 125 Å². The second-order valence-corrected chi connectivity index (χ2v) is 8.20. The third kappa shape index (κ3) is 3.13. The molecule has 4 nitrogen and oxygen atoms in total. The number of aryl methyl sites for hydroxylation is 1. The summed E-state index contributed by atoms with van der Waals surface area (Å²) in [5, 5.41) is 0. The van der Waals surface area contributed by atoms with Crippen LogP contribution in [0.1, 0.15) is 29.5 Å². The molecular weight excluding hydrogens is 292 g/mol.